The molecule has 0 aromatic carbocycles. The molecule has 0 aromatic heterocycles. The molecule has 0 radical (unpaired) electrons. The average Bonchev–Trinajstić information content (AvgIpc) is 2.53. The standard InChI is InChI=1S/C16H32S6/c1-2-6-18-10-14-22-16-12-20-8-4-3-7-19-11-15-21-13-9-17-5-1/h1-16H2. The summed E-state index contributed by atoms with van der Waals surface area (Å²) < 4.78 is 0. The highest BCUT2D eigenvalue weighted by molar-refractivity contribution is 8.05. The van der Waals surface area contributed by atoms with Gasteiger partial charge in [-0.25, -0.2) is 0 Å². The molecule has 1 aliphatic heterocycles. The van der Waals surface area contributed by atoms with Crippen LogP contribution in [-0.4, -0.2) is 69.0 Å². The van der Waals surface area contributed by atoms with Gasteiger partial charge in [-0.15, -0.1) is 0 Å². The summed E-state index contributed by atoms with van der Waals surface area (Å²) in [7, 11) is 0. The van der Waals surface area contributed by atoms with Gasteiger partial charge in [-0.2, -0.15) is 70.6 Å². The second-order valence-electron chi connectivity index (χ2n) is 5.09. The Balaban J connectivity index is 2.00. The van der Waals surface area contributed by atoms with E-state index >= 15 is 0 Å². The van der Waals surface area contributed by atoms with E-state index in [1.54, 1.807) is 0 Å². The van der Waals surface area contributed by atoms with Crippen LogP contribution < -0.4 is 0 Å². The molecule has 1 rings (SSSR count). The molecule has 0 aromatic rings. The Morgan fingerprint density at radius 2 is 0.409 bits per heavy atom. The molecule has 132 valence electrons. The van der Waals surface area contributed by atoms with E-state index in [0.29, 0.717) is 0 Å². The third-order valence-electron chi connectivity index (χ3n) is 3.14. The molecule has 0 bridgehead atoms. The molecule has 0 unspecified atom stereocenters. The maximum Gasteiger partial charge on any atom is 0.00238 e. The zero-order valence-corrected chi connectivity index (χ0v) is 18.7. The second kappa shape index (κ2) is 19.4. The Kier molecular flexibility index (Phi) is 19.5. The van der Waals surface area contributed by atoms with Gasteiger partial charge in [0.05, 0.1) is 0 Å². The van der Waals surface area contributed by atoms with Gasteiger partial charge in [0, 0.05) is 46.0 Å². The summed E-state index contributed by atoms with van der Waals surface area (Å²) in [5.41, 5.74) is 0. The molecule has 1 heterocycles. The van der Waals surface area contributed by atoms with Crippen LogP contribution in [0.3, 0.4) is 0 Å². The molecule has 6 heteroatoms. The lowest BCUT2D eigenvalue weighted by Gasteiger charge is -2.05. The number of hydrogen-bond donors (Lipinski definition) is 0. The van der Waals surface area contributed by atoms with Gasteiger partial charge in [-0.1, -0.05) is 0 Å². The highest BCUT2D eigenvalue weighted by atomic mass is 32.2. The molecule has 0 aliphatic carbocycles. The van der Waals surface area contributed by atoms with Crippen LogP contribution in [0.4, 0.5) is 0 Å². The predicted molar refractivity (Wildman–Crippen MR) is 122 cm³/mol. The summed E-state index contributed by atoms with van der Waals surface area (Å²) in [5, 5.41) is 0. The van der Waals surface area contributed by atoms with Gasteiger partial charge in [0.25, 0.3) is 0 Å². The van der Waals surface area contributed by atoms with Crippen LogP contribution in [0, 0.1) is 0 Å². The van der Waals surface area contributed by atoms with Crippen molar-refractivity contribution in [2.75, 3.05) is 69.0 Å². The Bertz CT molecular complexity index is 117. The molecule has 0 spiro atoms. The summed E-state index contributed by atoms with van der Waals surface area (Å²) in [6.07, 6.45) is 5.67. The fraction of sp³-hybridized carbons (Fsp3) is 1.00. The van der Waals surface area contributed by atoms with Crippen molar-refractivity contribution in [3.05, 3.63) is 0 Å². The van der Waals surface area contributed by atoms with Crippen molar-refractivity contribution in [1.82, 2.24) is 0 Å². The van der Waals surface area contributed by atoms with E-state index in [9.17, 15) is 0 Å². The molecule has 1 fully saturated rings. The molecule has 1 saturated heterocycles. The number of hydrogen-bond acceptors (Lipinski definition) is 6. The van der Waals surface area contributed by atoms with Crippen molar-refractivity contribution in [1.29, 1.82) is 0 Å². The molecular weight excluding hydrogens is 385 g/mol. The Labute approximate surface area is 164 Å². The first kappa shape index (κ1) is 22.1. The topological polar surface area (TPSA) is 0 Å². The fourth-order valence-electron chi connectivity index (χ4n) is 1.90. The van der Waals surface area contributed by atoms with Gasteiger partial charge in [-0.05, 0) is 48.7 Å². The maximum absolute atomic E-state index is 2.16. The van der Waals surface area contributed by atoms with E-state index in [0.717, 1.165) is 0 Å². The summed E-state index contributed by atoms with van der Waals surface area (Å²) in [6, 6.07) is 0. The Morgan fingerprint density at radius 1 is 0.227 bits per heavy atom. The molecular formula is C16H32S6. The first-order valence-electron chi connectivity index (χ1n) is 8.46. The first-order valence-corrected chi connectivity index (χ1v) is 15.4. The summed E-state index contributed by atoms with van der Waals surface area (Å²) in [5.74, 6) is 16.4. The molecule has 0 nitrogen and oxygen atoms in total. The highest BCUT2D eigenvalue weighted by Crippen LogP contribution is 2.16. The third kappa shape index (κ3) is 16.9. The van der Waals surface area contributed by atoms with Crippen molar-refractivity contribution in [3.63, 3.8) is 0 Å². The van der Waals surface area contributed by atoms with Crippen LogP contribution in [0.2, 0.25) is 0 Å². The predicted octanol–water partition coefficient (Wildman–Crippen LogP) is 5.96. The zero-order valence-electron chi connectivity index (χ0n) is 13.8. The van der Waals surface area contributed by atoms with Crippen molar-refractivity contribution in [2.24, 2.45) is 0 Å². The van der Waals surface area contributed by atoms with Crippen LogP contribution in [0.15, 0.2) is 0 Å². The van der Waals surface area contributed by atoms with Crippen molar-refractivity contribution >= 4 is 70.6 Å². The van der Waals surface area contributed by atoms with Gasteiger partial charge in [0.15, 0.2) is 0 Å². The number of rotatable bonds is 0. The van der Waals surface area contributed by atoms with E-state index in [-0.39, 0.29) is 0 Å². The fourth-order valence-corrected chi connectivity index (χ4v) is 8.53. The quantitative estimate of drug-likeness (QED) is 0.474. The Hall–Kier alpha value is 2.10. The van der Waals surface area contributed by atoms with Crippen LogP contribution in [0.1, 0.15) is 25.7 Å². The molecule has 1 aliphatic rings. The second-order valence-corrected chi connectivity index (χ2v) is 12.4. The normalized spacial score (nSPS) is 24.0. The minimum atomic E-state index is 1.35. The van der Waals surface area contributed by atoms with Gasteiger partial charge in [0.2, 0.25) is 0 Å². The van der Waals surface area contributed by atoms with Gasteiger partial charge in [0.1, 0.15) is 0 Å². The van der Waals surface area contributed by atoms with E-state index in [1.165, 1.54) is 94.7 Å². The van der Waals surface area contributed by atoms with Crippen molar-refractivity contribution in [2.45, 2.75) is 25.7 Å². The monoisotopic (exact) mass is 416 g/mol. The molecule has 22 heavy (non-hydrogen) atoms. The number of thioether (sulfide) groups is 6. The van der Waals surface area contributed by atoms with Crippen molar-refractivity contribution < 1.29 is 0 Å². The van der Waals surface area contributed by atoms with E-state index in [2.05, 4.69) is 70.6 Å². The molecule has 0 saturated carbocycles. The van der Waals surface area contributed by atoms with Crippen molar-refractivity contribution in [3.8, 4) is 0 Å². The summed E-state index contributed by atoms with van der Waals surface area (Å²) in [4.78, 5) is 0. The van der Waals surface area contributed by atoms with E-state index < -0.39 is 0 Å². The highest BCUT2D eigenvalue weighted by Gasteiger charge is 1.97. The summed E-state index contributed by atoms with van der Waals surface area (Å²) in [6.45, 7) is 0. The SMILES string of the molecule is C1CCSCCSCCSCCCCSCCSCCSC1. The molecule has 0 atom stereocenters. The van der Waals surface area contributed by atoms with Crippen LogP contribution in [0.25, 0.3) is 0 Å². The van der Waals surface area contributed by atoms with Crippen LogP contribution in [-0.2, 0) is 0 Å². The van der Waals surface area contributed by atoms with Gasteiger partial charge in [-0.3, -0.25) is 0 Å². The Morgan fingerprint density at radius 3 is 0.636 bits per heavy atom. The van der Waals surface area contributed by atoms with E-state index in [4.69, 9.17) is 0 Å². The average molecular weight is 417 g/mol. The molecule has 0 amide bonds. The molecule has 0 N–H and O–H groups in total. The minimum absolute atomic E-state index is 1.35. The maximum atomic E-state index is 2.16. The van der Waals surface area contributed by atoms with Gasteiger partial charge < -0.3 is 0 Å². The lowest BCUT2D eigenvalue weighted by atomic mass is 10.4. The minimum Gasteiger partial charge on any atom is -0.161 e. The largest absolute Gasteiger partial charge is 0.161 e. The zero-order chi connectivity index (χ0) is 15.6. The van der Waals surface area contributed by atoms with Gasteiger partial charge >= 0.3 is 0 Å². The first-order chi connectivity index (χ1) is 11.0. The lowest BCUT2D eigenvalue weighted by Crippen LogP contribution is -1.95. The third-order valence-corrected chi connectivity index (χ3v) is 10.4. The van der Waals surface area contributed by atoms with Crippen LogP contribution >= 0.6 is 70.6 Å². The van der Waals surface area contributed by atoms with Crippen LogP contribution in [0.5, 0.6) is 0 Å². The lowest BCUT2D eigenvalue weighted by molar-refractivity contribution is 0.907. The summed E-state index contributed by atoms with van der Waals surface area (Å²) >= 11 is 13.0. The smallest absolute Gasteiger partial charge is 0.00238 e. The van der Waals surface area contributed by atoms with E-state index in [1.807, 2.05) is 0 Å².